The molecule has 1 aliphatic carbocycles. The van der Waals surface area contributed by atoms with Crippen molar-refractivity contribution in [3.8, 4) is 0 Å². The lowest BCUT2D eigenvalue weighted by molar-refractivity contribution is -0.127. The number of amides is 1. The van der Waals surface area contributed by atoms with E-state index in [-0.39, 0.29) is 36.4 Å². The van der Waals surface area contributed by atoms with Crippen LogP contribution in [0.25, 0.3) is 0 Å². The Morgan fingerprint density at radius 2 is 2.04 bits per heavy atom. The molecule has 0 spiro atoms. The Kier molecular flexibility index (Phi) is 11.5. The van der Waals surface area contributed by atoms with E-state index in [4.69, 9.17) is 4.42 Å². The topological polar surface area (TPSA) is 69.9 Å². The Balaban J connectivity index is 0.00000364. The molecule has 0 saturated heterocycles. The maximum absolute atomic E-state index is 11.9. The molecule has 0 aromatic carbocycles. The van der Waals surface area contributed by atoms with Crippen LogP contribution in [0.3, 0.4) is 0 Å². The van der Waals surface area contributed by atoms with Crippen molar-refractivity contribution >= 4 is 35.8 Å². The van der Waals surface area contributed by atoms with E-state index in [1.807, 2.05) is 12.1 Å². The fourth-order valence-corrected chi connectivity index (χ4v) is 3.40. The molecule has 0 radical (unpaired) electrons. The van der Waals surface area contributed by atoms with Gasteiger partial charge in [0, 0.05) is 33.1 Å². The summed E-state index contributed by atoms with van der Waals surface area (Å²) in [5.41, 5.74) is 0. The third-order valence-corrected chi connectivity index (χ3v) is 5.00. The van der Waals surface area contributed by atoms with E-state index in [1.54, 1.807) is 25.3 Å². The number of furan rings is 1. The number of nitrogens with one attached hydrogen (secondary N) is 2. The lowest BCUT2D eigenvalue weighted by Gasteiger charge is -2.30. The zero-order valence-corrected chi connectivity index (χ0v) is 19.2. The minimum Gasteiger partial charge on any atom is -0.469 e. The highest BCUT2D eigenvalue weighted by molar-refractivity contribution is 14.0. The molecule has 2 rings (SSSR count). The van der Waals surface area contributed by atoms with Crippen molar-refractivity contribution in [3.63, 3.8) is 0 Å². The molecule has 0 atom stereocenters. The van der Waals surface area contributed by atoms with Crippen molar-refractivity contribution in [2.45, 2.75) is 57.9 Å². The third kappa shape index (κ3) is 8.99. The number of rotatable bonds is 8. The summed E-state index contributed by atoms with van der Waals surface area (Å²) in [4.78, 5) is 17.9. The number of likely N-dealkylation sites (N-methyl/N-ethyl adjacent to an activating group) is 1. The van der Waals surface area contributed by atoms with Crippen LogP contribution in [0, 0.1) is 5.92 Å². The smallest absolute Gasteiger partial charge is 0.243 e. The van der Waals surface area contributed by atoms with Crippen molar-refractivity contribution in [1.29, 1.82) is 0 Å². The van der Waals surface area contributed by atoms with Gasteiger partial charge < -0.3 is 20.0 Å². The average molecular weight is 490 g/mol. The van der Waals surface area contributed by atoms with E-state index in [0.717, 1.165) is 30.6 Å². The molecule has 2 N–H and O–H groups in total. The first kappa shape index (κ1) is 23.8. The van der Waals surface area contributed by atoms with Crippen molar-refractivity contribution in [2.75, 3.05) is 27.2 Å². The molecule has 1 aliphatic rings. The second kappa shape index (κ2) is 13.0. The summed E-state index contributed by atoms with van der Waals surface area (Å²) in [7, 11) is 3.51. The number of carbonyl (C=O) groups excluding carboxylic acids is 1. The molecule has 7 heteroatoms. The van der Waals surface area contributed by atoms with Crippen molar-refractivity contribution in [1.82, 2.24) is 15.5 Å². The van der Waals surface area contributed by atoms with E-state index in [0.29, 0.717) is 6.04 Å². The van der Waals surface area contributed by atoms with E-state index in [1.165, 1.54) is 38.5 Å². The maximum Gasteiger partial charge on any atom is 0.243 e. The molecule has 1 aromatic heterocycles. The van der Waals surface area contributed by atoms with Crippen LogP contribution < -0.4 is 10.6 Å². The van der Waals surface area contributed by atoms with Crippen LogP contribution in [-0.2, 0) is 11.2 Å². The first-order valence-corrected chi connectivity index (χ1v) is 9.85. The Morgan fingerprint density at radius 3 is 2.63 bits per heavy atom. The van der Waals surface area contributed by atoms with E-state index < -0.39 is 0 Å². The molecule has 6 nitrogen and oxygen atoms in total. The van der Waals surface area contributed by atoms with E-state index in [9.17, 15) is 4.79 Å². The monoisotopic (exact) mass is 490 g/mol. The van der Waals surface area contributed by atoms with Crippen LogP contribution in [0.15, 0.2) is 27.8 Å². The van der Waals surface area contributed by atoms with Gasteiger partial charge in [0.05, 0.1) is 6.26 Å². The average Bonchev–Trinajstić information content (AvgIpc) is 3.14. The number of guanidine groups is 1. The molecular formula is C20H35IN4O2. The molecule has 27 heavy (non-hydrogen) atoms. The first-order chi connectivity index (χ1) is 12.6. The zero-order valence-electron chi connectivity index (χ0n) is 16.9. The van der Waals surface area contributed by atoms with Gasteiger partial charge in [0.1, 0.15) is 12.3 Å². The van der Waals surface area contributed by atoms with Crippen LogP contribution >= 0.6 is 24.0 Å². The van der Waals surface area contributed by atoms with Crippen LogP contribution in [0.2, 0.25) is 0 Å². The number of aliphatic imine (C=N–C) groups is 1. The number of carbonyl (C=O) groups is 1. The van der Waals surface area contributed by atoms with Crippen LogP contribution in [0.5, 0.6) is 0 Å². The minimum absolute atomic E-state index is 0. The van der Waals surface area contributed by atoms with Crippen molar-refractivity contribution < 1.29 is 9.21 Å². The predicted octanol–water partition coefficient (Wildman–Crippen LogP) is 3.42. The molecule has 1 amide bonds. The van der Waals surface area contributed by atoms with Gasteiger partial charge in [-0.1, -0.05) is 19.8 Å². The predicted molar refractivity (Wildman–Crippen MR) is 121 cm³/mol. The lowest BCUT2D eigenvalue weighted by atomic mass is 9.83. The first-order valence-electron chi connectivity index (χ1n) is 9.85. The Labute approximate surface area is 180 Å². The van der Waals surface area contributed by atoms with Gasteiger partial charge in [-0.2, -0.15) is 0 Å². The summed E-state index contributed by atoms with van der Waals surface area (Å²) >= 11 is 0. The van der Waals surface area contributed by atoms with Crippen LogP contribution in [-0.4, -0.2) is 50.0 Å². The standard InChI is InChI=1S/C20H34N4O2.HI/c1-4-6-16-8-10-17(11-9-16)23-20(22-15-19(25)24(2)3)21-13-12-18-7-5-14-26-18;/h5,7,14,16-17H,4,6,8-13,15H2,1-3H3,(H2,21,22,23);1H. The minimum atomic E-state index is 0. The molecule has 1 aromatic rings. The molecule has 0 bridgehead atoms. The van der Waals surface area contributed by atoms with E-state index >= 15 is 0 Å². The van der Waals surface area contributed by atoms with Gasteiger partial charge in [-0.15, -0.1) is 24.0 Å². The highest BCUT2D eigenvalue weighted by Gasteiger charge is 2.21. The molecular weight excluding hydrogens is 455 g/mol. The number of hydrogen-bond donors (Lipinski definition) is 2. The highest BCUT2D eigenvalue weighted by Crippen LogP contribution is 2.27. The normalized spacial score (nSPS) is 19.9. The summed E-state index contributed by atoms with van der Waals surface area (Å²) in [6.45, 7) is 3.15. The summed E-state index contributed by atoms with van der Waals surface area (Å²) in [5.74, 6) is 2.55. The SMILES string of the molecule is CCCC1CCC(NC(=NCC(=O)N(C)C)NCCc2ccco2)CC1.I. The van der Waals surface area contributed by atoms with Crippen LogP contribution in [0.4, 0.5) is 0 Å². The summed E-state index contributed by atoms with van der Waals surface area (Å²) in [6, 6.07) is 4.30. The second-order valence-corrected chi connectivity index (χ2v) is 7.36. The van der Waals surface area contributed by atoms with Crippen molar-refractivity contribution in [2.24, 2.45) is 10.9 Å². The molecule has 1 saturated carbocycles. The van der Waals surface area contributed by atoms with Gasteiger partial charge in [0.2, 0.25) is 5.91 Å². The van der Waals surface area contributed by atoms with Gasteiger partial charge in [-0.05, 0) is 43.7 Å². The Bertz CT molecular complexity index is 552. The maximum atomic E-state index is 11.9. The summed E-state index contributed by atoms with van der Waals surface area (Å²) in [5, 5.41) is 6.87. The van der Waals surface area contributed by atoms with Gasteiger partial charge in [0.25, 0.3) is 0 Å². The largest absolute Gasteiger partial charge is 0.469 e. The third-order valence-electron chi connectivity index (χ3n) is 5.00. The lowest BCUT2D eigenvalue weighted by Crippen LogP contribution is -2.46. The zero-order chi connectivity index (χ0) is 18.8. The molecule has 1 fully saturated rings. The Hall–Kier alpha value is -1.25. The molecule has 1 heterocycles. The number of halogens is 1. The van der Waals surface area contributed by atoms with Gasteiger partial charge in [0.15, 0.2) is 5.96 Å². The summed E-state index contributed by atoms with van der Waals surface area (Å²) < 4.78 is 5.37. The van der Waals surface area contributed by atoms with Crippen LogP contribution in [0.1, 0.15) is 51.2 Å². The molecule has 0 aliphatic heterocycles. The fourth-order valence-electron chi connectivity index (χ4n) is 3.40. The van der Waals surface area contributed by atoms with Crippen molar-refractivity contribution in [3.05, 3.63) is 24.2 Å². The Morgan fingerprint density at radius 1 is 1.30 bits per heavy atom. The van der Waals surface area contributed by atoms with E-state index in [2.05, 4.69) is 22.5 Å². The quantitative estimate of drug-likeness (QED) is 0.333. The second-order valence-electron chi connectivity index (χ2n) is 7.36. The summed E-state index contributed by atoms with van der Waals surface area (Å²) in [6.07, 6.45) is 9.99. The number of nitrogens with zero attached hydrogens (tertiary/aromatic N) is 2. The highest BCUT2D eigenvalue weighted by atomic mass is 127. The molecule has 154 valence electrons. The van der Waals surface area contributed by atoms with Gasteiger partial charge >= 0.3 is 0 Å². The fraction of sp³-hybridized carbons (Fsp3) is 0.700. The van der Waals surface area contributed by atoms with Gasteiger partial charge in [-0.25, -0.2) is 4.99 Å². The number of hydrogen-bond acceptors (Lipinski definition) is 3. The molecule has 0 unspecified atom stereocenters. The van der Waals surface area contributed by atoms with Gasteiger partial charge in [-0.3, -0.25) is 4.79 Å².